The van der Waals surface area contributed by atoms with Crippen LogP contribution in [0.25, 0.3) is 22.0 Å². The molecule has 3 aromatic carbocycles. The number of para-hydroxylation sites is 1. The van der Waals surface area contributed by atoms with E-state index >= 15 is 0 Å². The van der Waals surface area contributed by atoms with E-state index in [-0.39, 0.29) is 11.4 Å². The van der Waals surface area contributed by atoms with Crippen LogP contribution in [0.3, 0.4) is 0 Å². The molecule has 0 saturated heterocycles. The van der Waals surface area contributed by atoms with Crippen LogP contribution in [0.4, 0.5) is 4.39 Å². The Kier molecular flexibility index (Phi) is 5.29. The summed E-state index contributed by atoms with van der Waals surface area (Å²) < 4.78 is 14.5. The zero-order valence-electron chi connectivity index (χ0n) is 17.1. The Labute approximate surface area is 178 Å². The topological polar surface area (TPSA) is 71.3 Å². The number of benzene rings is 3. The van der Waals surface area contributed by atoms with Crippen molar-refractivity contribution in [1.29, 1.82) is 0 Å². The minimum atomic E-state index is -0.630. The number of carbonyl (C=O) groups is 1. The highest BCUT2D eigenvalue weighted by Gasteiger charge is 2.22. The molecule has 6 heteroatoms. The Hall–Kier alpha value is -3.93. The molecule has 2 N–H and O–H groups in total. The molecule has 1 amide bonds. The zero-order chi connectivity index (χ0) is 22.1. The molecular weight excluding hydrogens is 395 g/mol. The van der Waals surface area contributed by atoms with Gasteiger partial charge in [-0.05, 0) is 47.9 Å². The Balaban J connectivity index is 1.67. The average Bonchev–Trinajstić information content (AvgIpc) is 2.78. The number of amides is 1. The first-order valence-electron chi connectivity index (χ1n) is 9.84. The molecule has 1 atom stereocenters. The number of fused-ring (bicyclic) bond motifs is 1. The van der Waals surface area contributed by atoms with Crippen molar-refractivity contribution in [3.05, 3.63) is 100 Å². The number of hydrogen-bond acceptors (Lipinski definition) is 3. The van der Waals surface area contributed by atoms with Gasteiger partial charge in [0, 0.05) is 12.4 Å². The van der Waals surface area contributed by atoms with Crippen molar-refractivity contribution in [3.63, 3.8) is 0 Å². The summed E-state index contributed by atoms with van der Waals surface area (Å²) in [6.45, 7) is 1.82. The maximum Gasteiger partial charge on any atom is 0.293 e. The lowest BCUT2D eigenvalue weighted by molar-refractivity contribution is 0.0938. The second kappa shape index (κ2) is 8.07. The lowest BCUT2D eigenvalue weighted by atomic mass is 9.99. The van der Waals surface area contributed by atoms with Gasteiger partial charge in [-0.1, -0.05) is 48.5 Å². The van der Waals surface area contributed by atoms with Crippen LogP contribution in [-0.2, 0) is 7.05 Å². The monoisotopic (exact) mass is 416 g/mol. The van der Waals surface area contributed by atoms with Crippen molar-refractivity contribution < 1.29 is 14.3 Å². The molecule has 0 aliphatic heterocycles. The first-order chi connectivity index (χ1) is 14.9. The molecule has 156 valence electrons. The van der Waals surface area contributed by atoms with E-state index in [0.717, 1.165) is 16.7 Å². The second-order valence-corrected chi connectivity index (χ2v) is 7.43. The summed E-state index contributed by atoms with van der Waals surface area (Å²) in [6.07, 6.45) is 0. The van der Waals surface area contributed by atoms with E-state index in [2.05, 4.69) is 5.32 Å². The van der Waals surface area contributed by atoms with Crippen molar-refractivity contribution in [1.82, 2.24) is 9.88 Å². The van der Waals surface area contributed by atoms with Crippen LogP contribution < -0.4 is 10.9 Å². The van der Waals surface area contributed by atoms with Crippen LogP contribution in [0.2, 0.25) is 0 Å². The molecule has 0 aliphatic carbocycles. The number of halogens is 1. The van der Waals surface area contributed by atoms with Crippen LogP contribution in [0, 0.1) is 5.82 Å². The smallest absolute Gasteiger partial charge is 0.293 e. The standard InChI is InChI=1S/C25H21FN2O3/c1-15(17-6-5-7-18(14-17)16-10-12-19(26)13-11-16)27-24(30)22-20-8-3-4-9-21(20)28(2)25(31)23(22)29/h3-15,29H,1-2H3,(H,27,30). The van der Waals surface area contributed by atoms with Gasteiger partial charge >= 0.3 is 0 Å². The first kappa shape index (κ1) is 20.3. The fourth-order valence-electron chi connectivity index (χ4n) is 3.69. The van der Waals surface area contributed by atoms with Crippen molar-refractivity contribution in [2.45, 2.75) is 13.0 Å². The van der Waals surface area contributed by atoms with Gasteiger partial charge < -0.3 is 15.0 Å². The lowest BCUT2D eigenvalue weighted by Gasteiger charge is -2.17. The summed E-state index contributed by atoms with van der Waals surface area (Å²) >= 11 is 0. The minimum Gasteiger partial charge on any atom is -0.502 e. The number of pyridine rings is 1. The molecule has 0 spiro atoms. The molecule has 0 fully saturated rings. The van der Waals surface area contributed by atoms with Crippen molar-refractivity contribution in [2.24, 2.45) is 7.05 Å². The predicted molar refractivity (Wildman–Crippen MR) is 119 cm³/mol. The van der Waals surface area contributed by atoms with E-state index in [1.54, 1.807) is 43.4 Å². The fourth-order valence-corrected chi connectivity index (χ4v) is 3.69. The third kappa shape index (κ3) is 3.80. The van der Waals surface area contributed by atoms with Gasteiger partial charge in [-0.25, -0.2) is 4.39 Å². The highest BCUT2D eigenvalue weighted by atomic mass is 19.1. The summed E-state index contributed by atoms with van der Waals surface area (Å²) in [4.78, 5) is 25.5. The van der Waals surface area contributed by atoms with Crippen LogP contribution in [0.15, 0.2) is 77.6 Å². The van der Waals surface area contributed by atoms with Crippen LogP contribution >= 0.6 is 0 Å². The summed E-state index contributed by atoms with van der Waals surface area (Å²) in [5, 5.41) is 13.8. The molecule has 0 aliphatic rings. The van der Waals surface area contributed by atoms with Crippen molar-refractivity contribution in [2.75, 3.05) is 0 Å². The molecule has 1 heterocycles. The molecule has 1 unspecified atom stereocenters. The van der Waals surface area contributed by atoms with Gasteiger partial charge in [0.05, 0.1) is 17.1 Å². The van der Waals surface area contributed by atoms with Crippen molar-refractivity contribution >= 4 is 16.8 Å². The summed E-state index contributed by atoms with van der Waals surface area (Å²) in [6, 6.07) is 20.3. The molecular formula is C25H21FN2O3. The Morgan fingerprint density at radius 1 is 1.00 bits per heavy atom. The van der Waals surface area contributed by atoms with Gasteiger partial charge in [-0.3, -0.25) is 9.59 Å². The van der Waals surface area contributed by atoms with Crippen molar-refractivity contribution in [3.8, 4) is 16.9 Å². The lowest BCUT2D eigenvalue weighted by Crippen LogP contribution is -2.29. The number of aryl methyl sites for hydroxylation is 1. The summed E-state index contributed by atoms with van der Waals surface area (Å²) in [5.74, 6) is -1.42. The maximum atomic E-state index is 13.2. The number of hydrogen-bond donors (Lipinski definition) is 2. The van der Waals surface area contributed by atoms with Crippen LogP contribution in [-0.4, -0.2) is 15.6 Å². The minimum absolute atomic E-state index is 0.0414. The van der Waals surface area contributed by atoms with Gasteiger partial charge in [0.25, 0.3) is 11.5 Å². The third-order valence-electron chi connectivity index (χ3n) is 5.42. The highest BCUT2D eigenvalue weighted by molar-refractivity contribution is 6.08. The number of carbonyl (C=O) groups excluding carboxylic acids is 1. The molecule has 4 aromatic rings. The highest BCUT2D eigenvalue weighted by Crippen LogP contribution is 2.26. The van der Waals surface area contributed by atoms with Gasteiger partial charge in [0.15, 0.2) is 5.75 Å². The van der Waals surface area contributed by atoms with E-state index in [4.69, 9.17) is 0 Å². The predicted octanol–water partition coefficient (Wildman–Crippen LogP) is 4.54. The zero-order valence-corrected chi connectivity index (χ0v) is 17.1. The van der Waals surface area contributed by atoms with E-state index < -0.39 is 23.3 Å². The van der Waals surface area contributed by atoms with E-state index in [0.29, 0.717) is 10.9 Å². The number of rotatable bonds is 4. The SMILES string of the molecule is CC(NC(=O)c1c(O)c(=O)n(C)c2ccccc12)c1cccc(-c2ccc(F)cc2)c1. The number of nitrogens with one attached hydrogen (secondary N) is 1. The van der Waals surface area contributed by atoms with Crippen LogP contribution in [0.5, 0.6) is 5.75 Å². The van der Waals surface area contributed by atoms with Crippen LogP contribution in [0.1, 0.15) is 28.9 Å². The van der Waals surface area contributed by atoms with Gasteiger partial charge in [0.2, 0.25) is 0 Å². The third-order valence-corrected chi connectivity index (χ3v) is 5.42. The van der Waals surface area contributed by atoms with Gasteiger partial charge in [0.1, 0.15) is 5.82 Å². The molecule has 31 heavy (non-hydrogen) atoms. The number of aromatic hydroxyl groups is 1. The summed E-state index contributed by atoms with van der Waals surface area (Å²) in [7, 11) is 1.55. The molecule has 0 radical (unpaired) electrons. The molecule has 4 rings (SSSR count). The van der Waals surface area contributed by atoms with Gasteiger partial charge in [-0.2, -0.15) is 0 Å². The maximum absolute atomic E-state index is 13.2. The Bertz CT molecular complexity index is 1340. The van der Waals surface area contributed by atoms with Gasteiger partial charge in [-0.15, -0.1) is 0 Å². The van der Waals surface area contributed by atoms with E-state index in [1.807, 2.05) is 31.2 Å². The fraction of sp³-hybridized carbons (Fsp3) is 0.120. The number of nitrogens with zero attached hydrogens (tertiary/aromatic N) is 1. The number of aromatic nitrogens is 1. The Morgan fingerprint density at radius 3 is 2.45 bits per heavy atom. The molecule has 0 bridgehead atoms. The molecule has 5 nitrogen and oxygen atoms in total. The average molecular weight is 416 g/mol. The molecule has 0 saturated carbocycles. The molecule has 1 aromatic heterocycles. The Morgan fingerprint density at radius 2 is 1.71 bits per heavy atom. The van der Waals surface area contributed by atoms with E-state index in [1.165, 1.54) is 16.7 Å². The second-order valence-electron chi connectivity index (χ2n) is 7.43. The normalized spacial score (nSPS) is 12.0. The summed E-state index contributed by atoms with van der Waals surface area (Å²) in [5.41, 5.74) is 2.47. The quantitative estimate of drug-likeness (QED) is 0.513. The van der Waals surface area contributed by atoms with E-state index in [9.17, 15) is 19.1 Å². The largest absolute Gasteiger partial charge is 0.502 e. The first-order valence-corrected chi connectivity index (χ1v) is 9.84.